The van der Waals surface area contributed by atoms with Crippen molar-refractivity contribution in [2.45, 2.75) is 58.0 Å². The van der Waals surface area contributed by atoms with Gasteiger partial charge in [-0.05, 0) is 33.6 Å². The SMILES string of the molecule is C=CCOC(=O)N1COC(O)[C@@]12CCC[C@H]2[C@H](C)C(=[OH+])OCOC(=O)OC(C)C. The lowest BCUT2D eigenvalue weighted by molar-refractivity contribution is -0.107. The Bertz CT molecular complexity index is 623. The first kappa shape index (κ1) is 23.0. The average molecular weight is 416 g/mol. The van der Waals surface area contributed by atoms with Crippen LogP contribution in [0.3, 0.4) is 0 Å². The summed E-state index contributed by atoms with van der Waals surface area (Å²) in [5.74, 6) is -1.31. The molecule has 10 heteroatoms. The second-order valence-corrected chi connectivity index (χ2v) is 7.38. The van der Waals surface area contributed by atoms with Crippen molar-refractivity contribution < 1.29 is 43.2 Å². The van der Waals surface area contributed by atoms with Crippen LogP contribution in [0.5, 0.6) is 0 Å². The van der Waals surface area contributed by atoms with Gasteiger partial charge in [-0.25, -0.2) is 9.59 Å². The zero-order valence-corrected chi connectivity index (χ0v) is 17.0. The molecule has 4 atom stereocenters. The monoisotopic (exact) mass is 416 g/mol. The molecule has 0 aromatic carbocycles. The second kappa shape index (κ2) is 9.93. The number of nitrogens with zero attached hydrogens (tertiary/aromatic N) is 1. The zero-order valence-electron chi connectivity index (χ0n) is 17.0. The summed E-state index contributed by atoms with van der Waals surface area (Å²) in [5, 5.41) is 10.5. The van der Waals surface area contributed by atoms with Crippen LogP contribution in [-0.4, -0.2) is 71.1 Å². The molecule has 164 valence electrons. The fourth-order valence-electron chi connectivity index (χ4n) is 4.01. The minimum Gasteiger partial charge on any atom is -0.445 e. The molecule has 0 radical (unpaired) electrons. The Balaban J connectivity index is 2.03. The topological polar surface area (TPSA) is 125 Å². The van der Waals surface area contributed by atoms with Crippen LogP contribution in [0.2, 0.25) is 0 Å². The van der Waals surface area contributed by atoms with E-state index in [1.165, 1.54) is 11.0 Å². The smallest absolute Gasteiger partial charge is 0.445 e. The van der Waals surface area contributed by atoms with E-state index in [1.54, 1.807) is 20.8 Å². The molecule has 1 saturated heterocycles. The molecule has 2 aliphatic rings. The van der Waals surface area contributed by atoms with Gasteiger partial charge in [0.15, 0.2) is 6.29 Å². The first-order valence-corrected chi connectivity index (χ1v) is 9.61. The van der Waals surface area contributed by atoms with Gasteiger partial charge in [0.2, 0.25) is 0 Å². The minimum atomic E-state index is -1.22. The second-order valence-electron chi connectivity index (χ2n) is 7.38. The van der Waals surface area contributed by atoms with E-state index in [2.05, 4.69) is 6.58 Å². The Hall–Kier alpha value is -2.33. The van der Waals surface area contributed by atoms with E-state index in [1.807, 2.05) is 0 Å². The summed E-state index contributed by atoms with van der Waals surface area (Å²) < 4.78 is 25.2. The van der Waals surface area contributed by atoms with Crippen molar-refractivity contribution in [1.82, 2.24) is 4.90 Å². The number of aliphatic hydroxyl groups is 1. The molecule has 29 heavy (non-hydrogen) atoms. The molecule has 2 N–H and O–H groups in total. The number of hydrogen-bond acceptors (Lipinski definition) is 8. The van der Waals surface area contributed by atoms with Gasteiger partial charge in [0, 0.05) is 5.92 Å². The Kier molecular flexibility index (Phi) is 7.86. The van der Waals surface area contributed by atoms with E-state index in [-0.39, 0.29) is 31.3 Å². The van der Waals surface area contributed by atoms with Gasteiger partial charge in [-0.1, -0.05) is 19.1 Å². The van der Waals surface area contributed by atoms with Crippen molar-refractivity contribution in [2.75, 3.05) is 20.1 Å². The largest absolute Gasteiger partial charge is 0.513 e. The Labute approximate surface area is 169 Å². The highest BCUT2D eigenvalue weighted by atomic mass is 16.8. The molecule has 2 rings (SSSR count). The highest BCUT2D eigenvalue weighted by molar-refractivity contribution is 5.75. The maximum Gasteiger partial charge on any atom is 0.513 e. The maximum absolute atomic E-state index is 12.5. The van der Waals surface area contributed by atoms with Crippen molar-refractivity contribution >= 4 is 18.2 Å². The van der Waals surface area contributed by atoms with Crippen LogP contribution in [0.15, 0.2) is 12.7 Å². The van der Waals surface area contributed by atoms with E-state index >= 15 is 0 Å². The van der Waals surface area contributed by atoms with Gasteiger partial charge in [0.05, 0.1) is 6.10 Å². The molecule has 1 unspecified atom stereocenters. The molecule has 1 saturated carbocycles. The third-order valence-corrected chi connectivity index (χ3v) is 5.28. The predicted octanol–water partition coefficient (Wildman–Crippen LogP) is 2.13. The molecule has 0 bridgehead atoms. The van der Waals surface area contributed by atoms with Gasteiger partial charge in [0.1, 0.15) is 24.8 Å². The quantitative estimate of drug-likeness (QED) is 0.220. The summed E-state index contributed by atoms with van der Waals surface area (Å²) >= 11 is 0. The fourth-order valence-corrected chi connectivity index (χ4v) is 4.01. The van der Waals surface area contributed by atoms with Gasteiger partial charge in [-0.2, -0.15) is 0 Å². The van der Waals surface area contributed by atoms with E-state index < -0.39 is 36.8 Å². The molecule has 0 aromatic heterocycles. The summed E-state index contributed by atoms with van der Waals surface area (Å²) in [6.45, 7) is 7.96. The van der Waals surface area contributed by atoms with Crippen LogP contribution in [0.1, 0.15) is 40.0 Å². The maximum atomic E-state index is 12.5. The fraction of sp³-hybridized carbons (Fsp3) is 0.737. The molecule has 1 aliphatic carbocycles. The highest BCUT2D eigenvalue weighted by Gasteiger charge is 2.62. The van der Waals surface area contributed by atoms with Crippen molar-refractivity contribution in [2.24, 2.45) is 11.8 Å². The lowest BCUT2D eigenvalue weighted by atomic mass is 9.77. The molecular formula is C19H30NO9+. The summed E-state index contributed by atoms with van der Waals surface area (Å²) in [6, 6.07) is 0. The van der Waals surface area contributed by atoms with E-state index in [9.17, 15) is 19.5 Å². The number of rotatable bonds is 7. The number of aliphatic hydroxyl groups excluding tert-OH is 1. The first-order valence-electron chi connectivity index (χ1n) is 9.61. The summed E-state index contributed by atoms with van der Waals surface area (Å²) in [7, 11) is 0. The molecule has 1 aliphatic heterocycles. The van der Waals surface area contributed by atoms with Crippen molar-refractivity contribution in [1.29, 1.82) is 0 Å². The number of amides is 1. The Morgan fingerprint density at radius 2 is 2.07 bits per heavy atom. The summed E-state index contributed by atoms with van der Waals surface area (Å²) in [4.78, 5) is 35.6. The number of ether oxygens (including phenoxy) is 5. The van der Waals surface area contributed by atoms with Gasteiger partial charge in [-0.3, -0.25) is 9.64 Å². The van der Waals surface area contributed by atoms with E-state index in [4.69, 9.17) is 23.7 Å². The normalized spacial score (nSPS) is 27.0. The third kappa shape index (κ3) is 4.99. The van der Waals surface area contributed by atoms with Crippen LogP contribution in [0, 0.1) is 11.8 Å². The van der Waals surface area contributed by atoms with Crippen LogP contribution in [0.25, 0.3) is 0 Å². The number of hydrogen-bond donors (Lipinski definition) is 1. The highest BCUT2D eigenvalue weighted by Crippen LogP contribution is 2.50. The third-order valence-electron chi connectivity index (χ3n) is 5.28. The van der Waals surface area contributed by atoms with Crippen molar-refractivity contribution in [3.63, 3.8) is 0 Å². The first-order chi connectivity index (χ1) is 13.7. The summed E-state index contributed by atoms with van der Waals surface area (Å²) in [6.07, 6.45) is 0.171. The standard InChI is InChI=1S/C19H29NO9/c1-5-9-25-17(23)20-10-26-16(22)19(20)8-6-7-14(19)13(4)15(21)27-11-28-18(24)29-12(2)3/h5,12-14,16,22H,1,6-11H2,2-4H3/p+1/t13-,14-,16?,19-/m0/s1. The van der Waals surface area contributed by atoms with Crippen molar-refractivity contribution in [3.05, 3.63) is 12.7 Å². The van der Waals surface area contributed by atoms with Crippen LogP contribution < -0.4 is 0 Å². The number of carbonyl (C=O) groups excluding carboxylic acids is 3. The lowest BCUT2D eigenvalue weighted by Crippen LogP contribution is -2.57. The molecule has 1 amide bonds. The zero-order chi connectivity index (χ0) is 21.6. The van der Waals surface area contributed by atoms with Gasteiger partial charge in [-0.15, -0.1) is 0 Å². The van der Waals surface area contributed by atoms with E-state index in [0.29, 0.717) is 19.3 Å². The molecule has 1 heterocycles. The van der Waals surface area contributed by atoms with Crippen LogP contribution in [-0.2, 0) is 23.7 Å². The van der Waals surface area contributed by atoms with Gasteiger partial charge >= 0.3 is 25.0 Å². The molecule has 1 spiro atoms. The molecule has 10 nitrogen and oxygen atoms in total. The number of carbonyl (C=O) groups is 2. The Morgan fingerprint density at radius 1 is 1.34 bits per heavy atom. The van der Waals surface area contributed by atoms with Crippen LogP contribution in [0.4, 0.5) is 9.59 Å². The van der Waals surface area contributed by atoms with Gasteiger partial charge in [0.25, 0.3) is 0 Å². The minimum absolute atomic E-state index is 0.0338. The van der Waals surface area contributed by atoms with Crippen molar-refractivity contribution in [3.8, 4) is 0 Å². The molecule has 0 aromatic rings. The van der Waals surface area contributed by atoms with Gasteiger partial charge < -0.3 is 28.8 Å². The number of esters is 1. The molecular weight excluding hydrogens is 386 g/mol. The average Bonchev–Trinajstić information content (AvgIpc) is 3.24. The Morgan fingerprint density at radius 3 is 2.72 bits per heavy atom. The van der Waals surface area contributed by atoms with Crippen LogP contribution >= 0.6 is 0 Å². The van der Waals surface area contributed by atoms with E-state index in [0.717, 1.165) is 0 Å². The lowest BCUT2D eigenvalue weighted by Gasteiger charge is -2.40. The molecule has 2 fully saturated rings. The predicted molar refractivity (Wildman–Crippen MR) is 100 cm³/mol. The summed E-state index contributed by atoms with van der Waals surface area (Å²) in [5.41, 5.74) is -1.05.